The quantitative estimate of drug-likeness (QED) is 0.767. The Morgan fingerprint density at radius 2 is 2.15 bits per heavy atom. The summed E-state index contributed by atoms with van der Waals surface area (Å²) >= 11 is 5.89. The molecule has 0 aliphatic heterocycles. The van der Waals surface area contributed by atoms with Crippen LogP contribution in [0.3, 0.4) is 0 Å². The van der Waals surface area contributed by atoms with Crippen LogP contribution >= 0.6 is 11.6 Å². The van der Waals surface area contributed by atoms with E-state index in [4.69, 9.17) is 16.3 Å². The lowest BCUT2D eigenvalue weighted by Gasteiger charge is -2.26. The second kappa shape index (κ2) is 6.10. The molecule has 0 saturated carbocycles. The molecule has 4 nitrogen and oxygen atoms in total. The van der Waals surface area contributed by atoms with Crippen molar-refractivity contribution in [2.45, 2.75) is 46.3 Å². The highest BCUT2D eigenvalue weighted by atomic mass is 35.5. The number of ether oxygens (including phenoxy) is 1. The Balaban J connectivity index is 2.45. The molecule has 0 aliphatic rings. The smallest absolute Gasteiger partial charge is 0.160 e. The maximum atomic E-state index is 5.89. The number of rotatable bonds is 6. The van der Waals surface area contributed by atoms with Crippen LogP contribution in [0.4, 0.5) is 0 Å². The zero-order valence-corrected chi connectivity index (χ0v) is 13.4. The van der Waals surface area contributed by atoms with Gasteiger partial charge in [0.15, 0.2) is 5.65 Å². The third kappa shape index (κ3) is 3.30. The number of pyridine rings is 1. The molecule has 0 amide bonds. The van der Waals surface area contributed by atoms with Crippen LogP contribution in [0.2, 0.25) is 0 Å². The van der Waals surface area contributed by atoms with Crippen molar-refractivity contribution in [3.63, 3.8) is 0 Å². The molecule has 110 valence electrons. The average molecular weight is 296 g/mol. The second-order valence-electron chi connectivity index (χ2n) is 5.60. The summed E-state index contributed by atoms with van der Waals surface area (Å²) in [5.74, 6) is 1.53. The van der Waals surface area contributed by atoms with Gasteiger partial charge in [-0.25, -0.2) is 9.97 Å². The second-order valence-corrected chi connectivity index (χ2v) is 5.98. The van der Waals surface area contributed by atoms with Gasteiger partial charge in [0.05, 0.1) is 12.1 Å². The Morgan fingerprint density at radius 3 is 2.80 bits per heavy atom. The minimum atomic E-state index is -0.254. The molecular formula is C15H22ClN3O. The fraction of sp³-hybridized carbons (Fsp3) is 0.600. The highest BCUT2D eigenvalue weighted by Gasteiger charge is 2.22. The number of nitrogens with zero attached hydrogens (tertiary/aromatic N) is 3. The lowest BCUT2D eigenvalue weighted by molar-refractivity contribution is -0.0222. The van der Waals surface area contributed by atoms with Gasteiger partial charge in [0, 0.05) is 25.1 Å². The molecule has 2 rings (SSSR count). The molecule has 2 aromatic rings. The zero-order valence-electron chi connectivity index (χ0n) is 12.6. The average Bonchev–Trinajstić information content (AvgIpc) is 2.66. The molecule has 5 heteroatoms. The summed E-state index contributed by atoms with van der Waals surface area (Å²) in [5.41, 5.74) is 2.69. The van der Waals surface area contributed by atoms with E-state index < -0.39 is 0 Å². The van der Waals surface area contributed by atoms with E-state index in [1.807, 2.05) is 20.0 Å². The van der Waals surface area contributed by atoms with E-state index in [1.54, 1.807) is 0 Å². The van der Waals surface area contributed by atoms with Gasteiger partial charge in [-0.1, -0.05) is 0 Å². The summed E-state index contributed by atoms with van der Waals surface area (Å²) in [6.07, 6.45) is 2.61. The number of aromatic nitrogens is 3. The number of imidazole rings is 1. The van der Waals surface area contributed by atoms with Gasteiger partial charge in [0.2, 0.25) is 0 Å². The van der Waals surface area contributed by atoms with Crippen LogP contribution in [0, 0.1) is 6.92 Å². The van der Waals surface area contributed by atoms with E-state index in [0.29, 0.717) is 12.5 Å². The largest absolute Gasteiger partial charge is 0.374 e. The summed E-state index contributed by atoms with van der Waals surface area (Å²) in [6.45, 7) is 9.62. The number of aryl methyl sites for hydroxylation is 2. The van der Waals surface area contributed by atoms with Crippen molar-refractivity contribution in [2.75, 3.05) is 12.5 Å². The molecule has 0 fully saturated rings. The van der Waals surface area contributed by atoms with Crippen LogP contribution < -0.4 is 0 Å². The van der Waals surface area contributed by atoms with Gasteiger partial charge in [-0.2, -0.15) is 0 Å². The lowest BCUT2D eigenvalue weighted by atomic mass is 10.1. The Bertz CT molecular complexity index is 592. The minimum Gasteiger partial charge on any atom is -0.374 e. The summed E-state index contributed by atoms with van der Waals surface area (Å²) in [4.78, 5) is 9.20. The predicted octanol–water partition coefficient (Wildman–Crippen LogP) is 3.34. The summed E-state index contributed by atoms with van der Waals surface area (Å²) in [7, 11) is 0. The summed E-state index contributed by atoms with van der Waals surface area (Å²) < 4.78 is 7.93. The lowest BCUT2D eigenvalue weighted by Crippen LogP contribution is -2.31. The van der Waals surface area contributed by atoms with Crippen molar-refractivity contribution in [2.24, 2.45) is 0 Å². The molecule has 0 unspecified atom stereocenters. The monoisotopic (exact) mass is 295 g/mol. The van der Waals surface area contributed by atoms with Crippen LogP contribution in [0.15, 0.2) is 12.3 Å². The van der Waals surface area contributed by atoms with Crippen molar-refractivity contribution in [1.82, 2.24) is 14.5 Å². The van der Waals surface area contributed by atoms with Gasteiger partial charge >= 0.3 is 0 Å². The van der Waals surface area contributed by atoms with Gasteiger partial charge in [-0.05, 0) is 39.3 Å². The van der Waals surface area contributed by atoms with E-state index in [0.717, 1.165) is 35.5 Å². The first-order valence-electron chi connectivity index (χ1n) is 6.98. The number of hydrogen-bond acceptors (Lipinski definition) is 3. The van der Waals surface area contributed by atoms with Crippen LogP contribution in [0.25, 0.3) is 11.2 Å². The minimum absolute atomic E-state index is 0.254. The highest BCUT2D eigenvalue weighted by Crippen LogP contribution is 2.21. The summed E-state index contributed by atoms with van der Waals surface area (Å²) in [5, 5.41) is 0. The van der Waals surface area contributed by atoms with Crippen LogP contribution in [0.5, 0.6) is 0 Å². The topological polar surface area (TPSA) is 39.9 Å². The van der Waals surface area contributed by atoms with E-state index in [-0.39, 0.29) is 5.60 Å². The fourth-order valence-corrected chi connectivity index (χ4v) is 2.59. The first kappa shape index (κ1) is 15.3. The van der Waals surface area contributed by atoms with Crippen molar-refractivity contribution in [1.29, 1.82) is 0 Å². The Hall–Kier alpha value is -1.13. The number of alkyl halides is 1. The molecule has 0 aliphatic carbocycles. The van der Waals surface area contributed by atoms with Gasteiger partial charge in [0.1, 0.15) is 11.3 Å². The van der Waals surface area contributed by atoms with Crippen LogP contribution in [0.1, 0.15) is 32.2 Å². The summed E-state index contributed by atoms with van der Waals surface area (Å²) in [6, 6.07) is 2.06. The zero-order chi connectivity index (χ0) is 14.8. The SMILES string of the molecule is CCOC(C)(C)Cn1c(CCCl)nc2cc(C)cnc21. The number of halogens is 1. The standard InChI is InChI=1S/C15H22ClN3O/c1-5-20-15(3,4)10-19-13(6-7-16)18-12-8-11(2)9-17-14(12)19/h8-9H,5-7,10H2,1-4H3. The Morgan fingerprint density at radius 1 is 1.40 bits per heavy atom. The molecular weight excluding hydrogens is 274 g/mol. The van der Waals surface area contributed by atoms with Gasteiger partial charge < -0.3 is 9.30 Å². The molecule has 0 bridgehead atoms. The molecule has 0 N–H and O–H groups in total. The molecule has 20 heavy (non-hydrogen) atoms. The third-order valence-corrected chi connectivity index (χ3v) is 3.38. The maximum Gasteiger partial charge on any atom is 0.160 e. The Kier molecular flexibility index (Phi) is 4.66. The van der Waals surface area contributed by atoms with E-state index in [2.05, 4.69) is 34.4 Å². The van der Waals surface area contributed by atoms with Gasteiger partial charge in [-0.15, -0.1) is 11.6 Å². The molecule has 0 spiro atoms. The van der Waals surface area contributed by atoms with Crippen LogP contribution in [-0.4, -0.2) is 32.6 Å². The van der Waals surface area contributed by atoms with Gasteiger partial charge in [-0.3, -0.25) is 0 Å². The van der Waals surface area contributed by atoms with E-state index >= 15 is 0 Å². The van der Waals surface area contributed by atoms with E-state index in [9.17, 15) is 0 Å². The first-order valence-corrected chi connectivity index (χ1v) is 7.52. The van der Waals surface area contributed by atoms with Crippen molar-refractivity contribution >= 4 is 22.8 Å². The Labute approximate surface area is 125 Å². The molecule has 0 atom stereocenters. The normalized spacial score (nSPS) is 12.2. The molecule has 2 aromatic heterocycles. The third-order valence-electron chi connectivity index (χ3n) is 3.19. The number of fused-ring (bicyclic) bond motifs is 1. The fourth-order valence-electron chi connectivity index (χ4n) is 2.42. The molecule has 0 saturated heterocycles. The van der Waals surface area contributed by atoms with Crippen molar-refractivity contribution in [3.05, 3.63) is 23.7 Å². The predicted molar refractivity (Wildman–Crippen MR) is 82.4 cm³/mol. The molecule has 0 aromatic carbocycles. The van der Waals surface area contributed by atoms with Crippen molar-refractivity contribution < 1.29 is 4.74 Å². The highest BCUT2D eigenvalue weighted by molar-refractivity contribution is 6.17. The van der Waals surface area contributed by atoms with Crippen molar-refractivity contribution in [3.8, 4) is 0 Å². The van der Waals surface area contributed by atoms with E-state index in [1.165, 1.54) is 0 Å². The number of hydrogen-bond donors (Lipinski definition) is 0. The van der Waals surface area contributed by atoms with Gasteiger partial charge in [0.25, 0.3) is 0 Å². The van der Waals surface area contributed by atoms with Crippen LogP contribution in [-0.2, 0) is 17.7 Å². The maximum absolute atomic E-state index is 5.89. The first-order chi connectivity index (χ1) is 9.46. The molecule has 0 radical (unpaired) electrons. The molecule has 2 heterocycles.